The van der Waals surface area contributed by atoms with Gasteiger partial charge in [0.2, 0.25) is 5.91 Å². The van der Waals surface area contributed by atoms with Crippen molar-refractivity contribution in [2.75, 3.05) is 6.54 Å². The number of aryl methyl sites for hydroxylation is 2. The minimum atomic E-state index is -0.265. The number of aromatic nitrogens is 3. The average molecular weight is 449 g/mol. The summed E-state index contributed by atoms with van der Waals surface area (Å²) in [6.07, 6.45) is 2.40. The van der Waals surface area contributed by atoms with Crippen molar-refractivity contribution in [3.63, 3.8) is 0 Å². The van der Waals surface area contributed by atoms with Gasteiger partial charge in [0, 0.05) is 34.9 Å². The molecule has 0 atom stereocenters. The first-order valence-electron chi connectivity index (χ1n) is 10.5. The van der Waals surface area contributed by atoms with Crippen LogP contribution in [-0.2, 0) is 24.3 Å². The molecule has 1 amide bonds. The summed E-state index contributed by atoms with van der Waals surface area (Å²) >= 11 is 6.34. The van der Waals surface area contributed by atoms with E-state index in [1.807, 2.05) is 68.4 Å². The molecule has 0 aliphatic carbocycles. The highest BCUT2D eigenvalue weighted by atomic mass is 35.5. The van der Waals surface area contributed by atoms with Gasteiger partial charge < -0.3 is 9.88 Å². The fourth-order valence-electron chi connectivity index (χ4n) is 3.97. The molecule has 0 spiro atoms. The van der Waals surface area contributed by atoms with Gasteiger partial charge in [0.1, 0.15) is 6.54 Å². The Kier molecular flexibility index (Phi) is 6.42. The third kappa shape index (κ3) is 4.46. The van der Waals surface area contributed by atoms with Crippen LogP contribution in [0.25, 0.3) is 10.8 Å². The molecule has 4 rings (SSSR count). The topological polar surface area (TPSA) is 68.9 Å². The smallest absolute Gasteiger partial charge is 0.276 e. The lowest BCUT2D eigenvalue weighted by atomic mass is 10.1. The lowest BCUT2D eigenvalue weighted by Gasteiger charge is -2.10. The number of fused-ring (bicyclic) bond motifs is 1. The number of nitrogens with zero attached hydrogens (tertiary/aromatic N) is 3. The molecule has 164 valence electrons. The zero-order chi connectivity index (χ0) is 22.7. The van der Waals surface area contributed by atoms with Gasteiger partial charge >= 0.3 is 0 Å². The van der Waals surface area contributed by atoms with Crippen LogP contribution >= 0.6 is 11.6 Å². The van der Waals surface area contributed by atoms with Crippen molar-refractivity contribution >= 4 is 28.3 Å². The average Bonchev–Trinajstić information content (AvgIpc) is 3.03. The summed E-state index contributed by atoms with van der Waals surface area (Å²) in [6.45, 7) is 4.83. The van der Waals surface area contributed by atoms with Crippen LogP contribution in [0.1, 0.15) is 22.5 Å². The van der Waals surface area contributed by atoms with Gasteiger partial charge in [0.25, 0.3) is 5.56 Å². The van der Waals surface area contributed by atoms with Crippen LogP contribution in [0.2, 0.25) is 5.02 Å². The molecule has 2 heterocycles. The zero-order valence-electron chi connectivity index (χ0n) is 18.1. The van der Waals surface area contributed by atoms with Gasteiger partial charge in [-0.2, -0.15) is 5.10 Å². The van der Waals surface area contributed by atoms with E-state index in [1.54, 1.807) is 6.20 Å². The zero-order valence-corrected chi connectivity index (χ0v) is 18.9. The van der Waals surface area contributed by atoms with E-state index in [2.05, 4.69) is 15.0 Å². The number of hydrogen-bond donors (Lipinski definition) is 1. The van der Waals surface area contributed by atoms with E-state index in [-0.39, 0.29) is 18.0 Å². The van der Waals surface area contributed by atoms with Crippen molar-refractivity contribution in [1.29, 1.82) is 0 Å². The van der Waals surface area contributed by atoms with Crippen molar-refractivity contribution < 1.29 is 4.79 Å². The first kappa shape index (κ1) is 21.8. The summed E-state index contributed by atoms with van der Waals surface area (Å²) in [7, 11) is 0. The Hall–Kier alpha value is -3.38. The van der Waals surface area contributed by atoms with Crippen molar-refractivity contribution in [3.05, 3.63) is 98.7 Å². The highest BCUT2D eigenvalue weighted by Crippen LogP contribution is 2.25. The lowest BCUT2D eigenvalue weighted by Crippen LogP contribution is -2.34. The second kappa shape index (κ2) is 9.40. The van der Waals surface area contributed by atoms with Gasteiger partial charge in [-0.05, 0) is 37.5 Å². The molecule has 0 bridgehead atoms. The predicted molar refractivity (Wildman–Crippen MR) is 127 cm³/mol. The molecule has 4 aromatic rings. The van der Waals surface area contributed by atoms with Crippen molar-refractivity contribution in [1.82, 2.24) is 19.7 Å². The molecule has 0 aliphatic rings. The summed E-state index contributed by atoms with van der Waals surface area (Å²) in [6, 6.07) is 17.6. The number of amides is 1. The number of carbonyl (C=O) groups is 1. The number of halogens is 1. The maximum atomic E-state index is 13.1. The molecule has 1 N–H and O–H groups in total. The summed E-state index contributed by atoms with van der Waals surface area (Å²) in [4.78, 5) is 25.5. The fraction of sp³-hybridized carbons (Fsp3) is 0.240. The summed E-state index contributed by atoms with van der Waals surface area (Å²) in [5, 5.41) is 9.19. The largest absolute Gasteiger partial charge is 0.354 e. The number of rotatable bonds is 7. The normalized spacial score (nSPS) is 11.1. The molecule has 2 aromatic carbocycles. The molecule has 0 aliphatic heterocycles. The quantitative estimate of drug-likeness (QED) is 0.466. The van der Waals surface area contributed by atoms with Crippen molar-refractivity contribution in [3.8, 4) is 0 Å². The Morgan fingerprint density at radius 1 is 1.03 bits per heavy atom. The maximum Gasteiger partial charge on any atom is 0.276 e. The second-order valence-electron chi connectivity index (χ2n) is 7.83. The molecule has 2 aromatic heterocycles. The predicted octanol–water partition coefficient (Wildman–Crippen LogP) is 3.88. The minimum absolute atomic E-state index is 0.113. The van der Waals surface area contributed by atoms with Gasteiger partial charge in [0.05, 0.1) is 11.6 Å². The molecule has 0 unspecified atom stereocenters. The Bertz CT molecular complexity index is 1330. The van der Waals surface area contributed by atoms with E-state index < -0.39 is 0 Å². The van der Waals surface area contributed by atoms with E-state index in [1.165, 1.54) is 4.68 Å². The fourth-order valence-corrected chi connectivity index (χ4v) is 4.17. The van der Waals surface area contributed by atoms with Crippen LogP contribution in [0.3, 0.4) is 0 Å². The molecule has 0 saturated carbocycles. The van der Waals surface area contributed by atoms with Gasteiger partial charge in [-0.15, -0.1) is 0 Å². The monoisotopic (exact) mass is 448 g/mol. The number of carbonyl (C=O) groups excluding carboxylic acids is 1. The number of hydrogen-bond acceptors (Lipinski definition) is 3. The van der Waals surface area contributed by atoms with E-state index in [0.29, 0.717) is 23.5 Å². The molecule has 6 nitrogen and oxygen atoms in total. The van der Waals surface area contributed by atoms with Crippen LogP contribution in [-0.4, -0.2) is 26.8 Å². The van der Waals surface area contributed by atoms with E-state index in [4.69, 9.17) is 11.6 Å². The summed E-state index contributed by atoms with van der Waals surface area (Å²) < 4.78 is 3.30. The van der Waals surface area contributed by atoms with Crippen LogP contribution in [0.15, 0.2) is 65.6 Å². The van der Waals surface area contributed by atoms with Crippen molar-refractivity contribution in [2.24, 2.45) is 0 Å². The maximum absolute atomic E-state index is 13.1. The van der Waals surface area contributed by atoms with E-state index >= 15 is 0 Å². The highest BCUT2D eigenvalue weighted by molar-refractivity contribution is 6.31. The van der Waals surface area contributed by atoms with E-state index in [0.717, 1.165) is 34.3 Å². The van der Waals surface area contributed by atoms with Gasteiger partial charge in [-0.3, -0.25) is 9.59 Å². The number of nitrogens with one attached hydrogen (secondary N) is 1. The third-order valence-corrected chi connectivity index (χ3v) is 6.13. The van der Waals surface area contributed by atoms with Gasteiger partial charge in [-0.1, -0.05) is 60.1 Å². The SMILES string of the molecule is Cc1c2cnn(CC(=O)NCCc3ccccc3)c(=O)c2c(C)n1Cc1ccccc1Cl. The Balaban J connectivity index is 1.53. The number of benzene rings is 2. The van der Waals surface area contributed by atoms with Gasteiger partial charge in [-0.25, -0.2) is 4.68 Å². The van der Waals surface area contributed by atoms with Crippen molar-refractivity contribution in [2.45, 2.75) is 33.4 Å². The van der Waals surface area contributed by atoms with Crippen LogP contribution in [0.4, 0.5) is 0 Å². The summed E-state index contributed by atoms with van der Waals surface area (Å²) in [5.41, 5.74) is 3.64. The molecular formula is C25H25ClN4O2. The Morgan fingerprint density at radius 3 is 2.50 bits per heavy atom. The van der Waals surface area contributed by atoms with Crippen LogP contribution < -0.4 is 10.9 Å². The molecule has 0 radical (unpaired) electrons. The Labute approximate surface area is 191 Å². The molecular weight excluding hydrogens is 424 g/mol. The highest BCUT2D eigenvalue weighted by Gasteiger charge is 2.18. The first-order valence-corrected chi connectivity index (χ1v) is 10.9. The van der Waals surface area contributed by atoms with E-state index in [9.17, 15) is 9.59 Å². The second-order valence-corrected chi connectivity index (χ2v) is 8.24. The minimum Gasteiger partial charge on any atom is -0.354 e. The molecule has 0 fully saturated rings. The summed E-state index contributed by atoms with van der Waals surface area (Å²) in [5.74, 6) is -0.236. The Morgan fingerprint density at radius 2 is 1.75 bits per heavy atom. The molecule has 0 saturated heterocycles. The van der Waals surface area contributed by atoms with Crippen LogP contribution in [0.5, 0.6) is 0 Å². The molecule has 32 heavy (non-hydrogen) atoms. The third-order valence-electron chi connectivity index (χ3n) is 5.76. The molecule has 7 heteroatoms. The first-order chi connectivity index (χ1) is 15.5. The lowest BCUT2D eigenvalue weighted by molar-refractivity contribution is -0.121. The van der Waals surface area contributed by atoms with Gasteiger partial charge in [0.15, 0.2) is 0 Å². The standard InChI is InChI=1S/C25H25ClN4O2/c1-17-21-14-28-30(16-23(31)27-13-12-19-8-4-3-5-9-19)25(32)24(21)18(2)29(17)15-20-10-6-7-11-22(20)26/h3-11,14H,12-13,15-16H2,1-2H3,(H,27,31). The van der Waals surface area contributed by atoms with Crippen LogP contribution in [0, 0.1) is 13.8 Å².